The van der Waals surface area contributed by atoms with Crippen LogP contribution in [-0.4, -0.2) is 50.8 Å². The Kier molecular flexibility index (Phi) is 5.47. The van der Waals surface area contributed by atoms with Crippen molar-refractivity contribution in [3.05, 3.63) is 53.9 Å². The van der Waals surface area contributed by atoms with E-state index in [0.29, 0.717) is 6.54 Å². The number of nitrogens with zero attached hydrogens (tertiary/aromatic N) is 6. The highest BCUT2D eigenvalue weighted by molar-refractivity contribution is 5.79. The minimum absolute atomic E-state index is 0.0739. The molecule has 3 heterocycles. The summed E-state index contributed by atoms with van der Waals surface area (Å²) in [6, 6.07) is 14.1. The minimum Gasteiger partial charge on any atom is -0.355 e. The van der Waals surface area contributed by atoms with Crippen LogP contribution in [-0.2, 0) is 11.3 Å². The van der Waals surface area contributed by atoms with Crippen molar-refractivity contribution < 1.29 is 4.79 Å². The van der Waals surface area contributed by atoms with E-state index in [4.69, 9.17) is 5.10 Å². The lowest BCUT2D eigenvalue weighted by Crippen LogP contribution is -2.41. The lowest BCUT2D eigenvalue weighted by molar-refractivity contribution is -0.135. The summed E-state index contributed by atoms with van der Waals surface area (Å²) in [5.41, 5.74) is 1.93. The van der Waals surface area contributed by atoms with Gasteiger partial charge in [0.15, 0.2) is 11.5 Å². The number of hydrogen-bond acceptors (Lipinski definition) is 5. The molecule has 29 heavy (non-hydrogen) atoms. The van der Waals surface area contributed by atoms with Gasteiger partial charge in [0.25, 0.3) is 0 Å². The maximum atomic E-state index is 12.9. The summed E-state index contributed by atoms with van der Waals surface area (Å²) in [5.74, 6) is 2.36. The number of carbonyl (C=O) groups excluding carboxylic acids is 1. The number of hydrogen-bond donors (Lipinski definition) is 0. The Morgan fingerprint density at radius 2 is 1.83 bits per heavy atom. The summed E-state index contributed by atoms with van der Waals surface area (Å²) in [5, 5.41) is 13.2. The molecule has 0 unspecified atom stereocenters. The van der Waals surface area contributed by atoms with Gasteiger partial charge in [-0.3, -0.25) is 4.79 Å². The number of benzene rings is 1. The molecule has 1 amide bonds. The number of amides is 1. The van der Waals surface area contributed by atoms with E-state index in [0.717, 1.165) is 48.8 Å². The maximum absolute atomic E-state index is 12.9. The van der Waals surface area contributed by atoms with Gasteiger partial charge in [-0.05, 0) is 30.5 Å². The molecule has 0 atom stereocenters. The van der Waals surface area contributed by atoms with E-state index in [2.05, 4.69) is 41.1 Å². The largest absolute Gasteiger partial charge is 0.355 e. The SMILES string of the molecule is CC(C)c1nnc2ccc(N3CCC(C(=O)N(C)Cc4ccccc4)CC3)nn12. The van der Waals surface area contributed by atoms with Crippen molar-refractivity contribution >= 4 is 17.4 Å². The molecule has 0 radical (unpaired) electrons. The number of rotatable bonds is 5. The minimum atomic E-state index is 0.0739. The van der Waals surface area contributed by atoms with E-state index in [1.54, 1.807) is 0 Å². The van der Waals surface area contributed by atoms with Gasteiger partial charge < -0.3 is 9.80 Å². The first-order chi connectivity index (χ1) is 14.0. The van der Waals surface area contributed by atoms with Gasteiger partial charge in [0.2, 0.25) is 5.91 Å². The average Bonchev–Trinajstić information content (AvgIpc) is 3.17. The highest BCUT2D eigenvalue weighted by Gasteiger charge is 2.28. The van der Waals surface area contributed by atoms with Crippen LogP contribution < -0.4 is 4.90 Å². The fourth-order valence-corrected chi connectivity index (χ4v) is 3.93. The van der Waals surface area contributed by atoms with Gasteiger partial charge in [0.05, 0.1) is 0 Å². The van der Waals surface area contributed by atoms with Crippen LogP contribution in [0.15, 0.2) is 42.5 Å². The Morgan fingerprint density at radius 1 is 1.10 bits per heavy atom. The van der Waals surface area contributed by atoms with Crippen LogP contribution >= 0.6 is 0 Å². The van der Waals surface area contributed by atoms with Gasteiger partial charge in [-0.1, -0.05) is 44.2 Å². The van der Waals surface area contributed by atoms with Crippen LogP contribution in [0.1, 0.15) is 44.0 Å². The predicted octanol–water partition coefficient (Wildman–Crippen LogP) is 3.12. The summed E-state index contributed by atoms with van der Waals surface area (Å²) in [4.78, 5) is 17.0. The van der Waals surface area contributed by atoms with E-state index in [9.17, 15) is 4.79 Å². The van der Waals surface area contributed by atoms with Gasteiger partial charge in [0.1, 0.15) is 5.82 Å². The Balaban J connectivity index is 1.39. The molecule has 3 aromatic rings. The maximum Gasteiger partial charge on any atom is 0.225 e. The van der Waals surface area contributed by atoms with Crippen molar-refractivity contribution in [2.45, 2.75) is 39.2 Å². The second kappa shape index (κ2) is 8.19. The molecule has 4 rings (SSSR count). The second-order valence-corrected chi connectivity index (χ2v) is 8.12. The molecule has 152 valence electrons. The average molecular weight is 393 g/mol. The molecule has 0 aliphatic carbocycles. The smallest absolute Gasteiger partial charge is 0.225 e. The van der Waals surface area contributed by atoms with Gasteiger partial charge in [-0.15, -0.1) is 15.3 Å². The number of carbonyl (C=O) groups is 1. The van der Waals surface area contributed by atoms with Gasteiger partial charge in [0, 0.05) is 38.5 Å². The van der Waals surface area contributed by atoms with E-state index < -0.39 is 0 Å². The lowest BCUT2D eigenvalue weighted by Gasteiger charge is -2.33. The van der Waals surface area contributed by atoms with Gasteiger partial charge >= 0.3 is 0 Å². The van der Waals surface area contributed by atoms with Crippen LogP contribution in [0.5, 0.6) is 0 Å². The van der Waals surface area contributed by atoms with Crippen LogP contribution in [0.25, 0.3) is 5.65 Å². The first-order valence-corrected chi connectivity index (χ1v) is 10.3. The molecule has 0 spiro atoms. The molecule has 1 aliphatic heterocycles. The molecular formula is C22H28N6O. The van der Waals surface area contributed by atoms with Crippen LogP contribution in [0, 0.1) is 5.92 Å². The van der Waals surface area contributed by atoms with Crippen molar-refractivity contribution in [2.75, 3.05) is 25.0 Å². The van der Waals surface area contributed by atoms with Gasteiger partial charge in [-0.25, -0.2) is 0 Å². The molecule has 0 bridgehead atoms. The third-order valence-corrected chi connectivity index (χ3v) is 5.60. The molecule has 1 aromatic carbocycles. The third kappa shape index (κ3) is 4.09. The summed E-state index contributed by atoms with van der Waals surface area (Å²) >= 11 is 0. The molecular weight excluding hydrogens is 364 g/mol. The predicted molar refractivity (Wildman–Crippen MR) is 113 cm³/mol. The zero-order chi connectivity index (χ0) is 20.4. The zero-order valence-corrected chi connectivity index (χ0v) is 17.3. The molecule has 7 heteroatoms. The van der Waals surface area contributed by atoms with Gasteiger partial charge in [-0.2, -0.15) is 4.52 Å². The number of fused-ring (bicyclic) bond motifs is 1. The molecule has 2 aromatic heterocycles. The van der Waals surface area contributed by atoms with Crippen molar-refractivity contribution in [1.29, 1.82) is 0 Å². The molecule has 1 aliphatic rings. The molecule has 0 saturated carbocycles. The highest BCUT2D eigenvalue weighted by Crippen LogP contribution is 2.24. The monoisotopic (exact) mass is 392 g/mol. The summed E-state index contributed by atoms with van der Waals surface area (Å²) in [6.07, 6.45) is 1.69. The third-order valence-electron chi connectivity index (χ3n) is 5.60. The van der Waals surface area contributed by atoms with E-state index in [1.807, 2.05) is 46.8 Å². The van der Waals surface area contributed by atoms with Crippen molar-refractivity contribution in [3.63, 3.8) is 0 Å². The molecule has 1 saturated heterocycles. The van der Waals surface area contributed by atoms with E-state index in [-0.39, 0.29) is 17.7 Å². The van der Waals surface area contributed by atoms with Crippen molar-refractivity contribution in [2.24, 2.45) is 5.92 Å². The first-order valence-electron chi connectivity index (χ1n) is 10.3. The summed E-state index contributed by atoms with van der Waals surface area (Å²) in [7, 11) is 1.90. The van der Waals surface area contributed by atoms with Crippen molar-refractivity contribution in [1.82, 2.24) is 24.7 Å². The molecule has 1 fully saturated rings. The second-order valence-electron chi connectivity index (χ2n) is 8.12. The summed E-state index contributed by atoms with van der Waals surface area (Å²) in [6.45, 7) is 6.49. The normalized spacial score (nSPS) is 15.2. The Bertz CT molecular complexity index is 975. The fraction of sp³-hybridized carbons (Fsp3) is 0.455. The molecule has 0 N–H and O–H groups in total. The first kappa shape index (κ1) is 19.4. The van der Waals surface area contributed by atoms with Crippen molar-refractivity contribution in [3.8, 4) is 0 Å². The Labute approximate surface area is 171 Å². The quantitative estimate of drug-likeness (QED) is 0.667. The standard InChI is InChI=1S/C22H28N6O/c1-16(2)21-24-23-19-9-10-20(25-28(19)21)27-13-11-18(12-14-27)22(29)26(3)15-17-7-5-4-6-8-17/h4-10,16,18H,11-15H2,1-3H3. The molecule has 7 nitrogen and oxygen atoms in total. The summed E-state index contributed by atoms with van der Waals surface area (Å²) < 4.78 is 1.84. The van der Waals surface area contributed by atoms with Crippen LogP contribution in [0.3, 0.4) is 0 Å². The van der Waals surface area contributed by atoms with E-state index >= 15 is 0 Å². The number of piperidine rings is 1. The number of aromatic nitrogens is 4. The van der Waals surface area contributed by atoms with E-state index in [1.165, 1.54) is 0 Å². The highest BCUT2D eigenvalue weighted by atomic mass is 16.2. The van der Waals surface area contributed by atoms with Crippen LogP contribution in [0.2, 0.25) is 0 Å². The lowest BCUT2D eigenvalue weighted by atomic mass is 9.95. The number of anilines is 1. The fourth-order valence-electron chi connectivity index (χ4n) is 3.93. The van der Waals surface area contributed by atoms with Crippen LogP contribution in [0.4, 0.5) is 5.82 Å². The zero-order valence-electron chi connectivity index (χ0n) is 17.3. The Hall–Kier alpha value is -2.96. The topological polar surface area (TPSA) is 66.6 Å². The Morgan fingerprint density at radius 3 is 2.52 bits per heavy atom.